The lowest BCUT2D eigenvalue weighted by Crippen LogP contribution is -2.27. The van der Waals surface area contributed by atoms with Crippen LogP contribution in [0, 0.1) is 0 Å². The minimum absolute atomic E-state index is 0.0833. The third kappa shape index (κ3) is 2.97. The van der Waals surface area contributed by atoms with Gasteiger partial charge < -0.3 is 5.32 Å². The van der Waals surface area contributed by atoms with Crippen LogP contribution in [0.15, 0.2) is 43.0 Å². The van der Waals surface area contributed by atoms with Gasteiger partial charge in [-0.15, -0.1) is 0 Å². The standard InChI is InChI=1S/C16H17N5/c1-16(2,3)21-15-12-6-9-18-10-13(12)19-14(20-15)11-4-7-17-8-5-11/h4-10H,1-3H3,(H,19,20,21). The summed E-state index contributed by atoms with van der Waals surface area (Å²) >= 11 is 0. The van der Waals surface area contributed by atoms with Crippen molar-refractivity contribution in [3.63, 3.8) is 0 Å². The second kappa shape index (κ2) is 5.09. The summed E-state index contributed by atoms with van der Waals surface area (Å²) in [4.78, 5) is 17.5. The van der Waals surface area contributed by atoms with Crippen molar-refractivity contribution in [2.45, 2.75) is 26.3 Å². The first-order valence-corrected chi connectivity index (χ1v) is 6.83. The Labute approximate surface area is 123 Å². The fourth-order valence-electron chi connectivity index (χ4n) is 2.06. The van der Waals surface area contributed by atoms with Gasteiger partial charge in [0.25, 0.3) is 0 Å². The average Bonchev–Trinajstić information content (AvgIpc) is 2.46. The van der Waals surface area contributed by atoms with Gasteiger partial charge in [0.15, 0.2) is 5.82 Å². The molecule has 3 aromatic rings. The smallest absolute Gasteiger partial charge is 0.162 e. The van der Waals surface area contributed by atoms with Gasteiger partial charge in [-0.2, -0.15) is 0 Å². The van der Waals surface area contributed by atoms with Crippen LogP contribution in [0.1, 0.15) is 20.8 Å². The molecule has 106 valence electrons. The molecule has 0 bridgehead atoms. The lowest BCUT2D eigenvalue weighted by atomic mass is 10.1. The Bertz CT molecular complexity index is 762. The molecule has 5 heteroatoms. The van der Waals surface area contributed by atoms with Crippen LogP contribution in [0.5, 0.6) is 0 Å². The molecule has 3 heterocycles. The van der Waals surface area contributed by atoms with Gasteiger partial charge in [0.2, 0.25) is 0 Å². The van der Waals surface area contributed by atoms with E-state index >= 15 is 0 Å². The van der Waals surface area contributed by atoms with E-state index in [-0.39, 0.29) is 5.54 Å². The Kier molecular flexibility index (Phi) is 3.25. The molecule has 0 spiro atoms. The van der Waals surface area contributed by atoms with E-state index in [0.717, 1.165) is 22.3 Å². The summed E-state index contributed by atoms with van der Waals surface area (Å²) in [6.07, 6.45) is 6.99. The van der Waals surface area contributed by atoms with Crippen molar-refractivity contribution < 1.29 is 0 Å². The molecule has 0 amide bonds. The molecule has 0 fully saturated rings. The topological polar surface area (TPSA) is 63.6 Å². The van der Waals surface area contributed by atoms with Gasteiger partial charge in [-0.05, 0) is 39.0 Å². The molecule has 0 aromatic carbocycles. The molecular formula is C16H17N5. The van der Waals surface area contributed by atoms with Gasteiger partial charge in [0.05, 0.1) is 11.7 Å². The molecule has 0 aliphatic rings. The highest BCUT2D eigenvalue weighted by Gasteiger charge is 2.15. The van der Waals surface area contributed by atoms with Crippen LogP contribution in [-0.2, 0) is 0 Å². The molecule has 3 rings (SSSR count). The first-order chi connectivity index (χ1) is 10.0. The number of rotatable bonds is 2. The van der Waals surface area contributed by atoms with E-state index in [1.54, 1.807) is 24.8 Å². The van der Waals surface area contributed by atoms with E-state index in [2.05, 4.69) is 46.0 Å². The lowest BCUT2D eigenvalue weighted by molar-refractivity contribution is 0.631. The Hall–Kier alpha value is -2.56. The Morgan fingerprint density at radius 1 is 0.905 bits per heavy atom. The second-order valence-electron chi connectivity index (χ2n) is 5.90. The van der Waals surface area contributed by atoms with Gasteiger partial charge in [0.1, 0.15) is 5.82 Å². The molecule has 1 N–H and O–H groups in total. The van der Waals surface area contributed by atoms with Gasteiger partial charge in [0, 0.05) is 35.1 Å². The highest BCUT2D eigenvalue weighted by atomic mass is 15.1. The monoisotopic (exact) mass is 279 g/mol. The maximum absolute atomic E-state index is 4.68. The molecule has 0 saturated heterocycles. The summed E-state index contributed by atoms with van der Waals surface area (Å²) in [6, 6.07) is 5.73. The molecular weight excluding hydrogens is 262 g/mol. The molecule has 0 radical (unpaired) electrons. The maximum Gasteiger partial charge on any atom is 0.162 e. The zero-order valence-electron chi connectivity index (χ0n) is 12.3. The number of pyridine rings is 2. The van der Waals surface area contributed by atoms with Crippen LogP contribution in [0.25, 0.3) is 22.3 Å². The molecule has 0 aliphatic heterocycles. The van der Waals surface area contributed by atoms with Crippen molar-refractivity contribution in [1.82, 2.24) is 19.9 Å². The number of fused-ring (bicyclic) bond motifs is 1. The van der Waals surface area contributed by atoms with Crippen LogP contribution >= 0.6 is 0 Å². The largest absolute Gasteiger partial charge is 0.365 e. The van der Waals surface area contributed by atoms with Crippen LogP contribution < -0.4 is 5.32 Å². The SMILES string of the molecule is CC(C)(C)Nc1nc(-c2ccncc2)nc2cnccc12. The van der Waals surface area contributed by atoms with Crippen molar-refractivity contribution in [1.29, 1.82) is 0 Å². The molecule has 21 heavy (non-hydrogen) atoms. The molecule has 0 aliphatic carbocycles. The number of anilines is 1. The predicted octanol–water partition coefficient (Wildman–Crippen LogP) is 3.30. The maximum atomic E-state index is 4.68. The number of hydrogen-bond acceptors (Lipinski definition) is 5. The number of nitrogens with one attached hydrogen (secondary N) is 1. The first-order valence-electron chi connectivity index (χ1n) is 6.83. The van der Waals surface area contributed by atoms with E-state index in [0.29, 0.717) is 5.82 Å². The van der Waals surface area contributed by atoms with Gasteiger partial charge in [-0.3, -0.25) is 9.97 Å². The molecule has 0 saturated carbocycles. The highest BCUT2D eigenvalue weighted by Crippen LogP contribution is 2.25. The molecule has 0 atom stereocenters. The minimum Gasteiger partial charge on any atom is -0.365 e. The third-order valence-corrected chi connectivity index (χ3v) is 2.93. The third-order valence-electron chi connectivity index (χ3n) is 2.93. The first kappa shape index (κ1) is 13.4. The minimum atomic E-state index is -0.0833. The summed E-state index contributed by atoms with van der Waals surface area (Å²) in [7, 11) is 0. The van der Waals surface area contributed by atoms with Gasteiger partial charge >= 0.3 is 0 Å². The number of aromatic nitrogens is 4. The van der Waals surface area contributed by atoms with E-state index in [9.17, 15) is 0 Å². The van der Waals surface area contributed by atoms with Crippen molar-refractivity contribution in [3.8, 4) is 11.4 Å². The van der Waals surface area contributed by atoms with Crippen LogP contribution in [0.3, 0.4) is 0 Å². The summed E-state index contributed by atoms with van der Waals surface area (Å²) in [5, 5.41) is 4.41. The zero-order chi connectivity index (χ0) is 14.9. The quantitative estimate of drug-likeness (QED) is 0.779. The molecule has 0 unspecified atom stereocenters. The summed E-state index contributed by atoms with van der Waals surface area (Å²) in [6.45, 7) is 6.32. The summed E-state index contributed by atoms with van der Waals surface area (Å²) in [5.41, 5.74) is 1.68. The lowest BCUT2D eigenvalue weighted by Gasteiger charge is -2.22. The van der Waals surface area contributed by atoms with Crippen LogP contribution in [-0.4, -0.2) is 25.5 Å². The van der Waals surface area contributed by atoms with Gasteiger partial charge in [-0.1, -0.05) is 0 Å². The van der Waals surface area contributed by atoms with Crippen molar-refractivity contribution in [2.24, 2.45) is 0 Å². The summed E-state index contributed by atoms with van der Waals surface area (Å²) in [5.74, 6) is 1.49. The summed E-state index contributed by atoms with van der Waals surface area (Å²) < 4.78 is 0. The fourth-order valence-corrected chi connectivity index (χ4v) is 2.06. The normalized spacial score (nSPS) is 11.6. The van der Waals surface area contributed by atoms with E-state index < -0.39 is 0 Å². The van der Waals surface area contributed by atoms with Crippen LogP contribution in [0.4, 0.5) is 5.82 Å². The molecule has 3 aromatic heterocycles. The fraction of sp³-hybridized carbons (Fsp3) is 0.250. The Morgan fingerprint density at radius 3 is 2.33 bits per heavy atom. The van der Waals surface area contributed by atoms with E-state index in [1.807, 2.05) is 18.2 Å². The number of nitrogens with zero attached hydrogens (tertiary/aromatic N) is 4. The molecule has 5 nitrogen and oxygen atoms in total. The van der Waals surface area contributed by atoms with Crippen LogP contribution in [0.2, 0.25) is 0 Å². The zero-order valence-corrected chi connectivity index (χ0v) is 12.3. The number of hydrogen-bond donors (Lipinski definition) is 1. The van der Waals surface area contributed by atoms with E-state index in [4.69, 9.17) is 0 Å². The Morgan fingerprint density at radius 2 is 1.62 bits per heavy atom. The van der Waals surface area contributed by atoms with Gasteiger partial charge in [-0.25, -0.2) is 9.97 Å². The average molecular weight is 279 g/mol. The van der Waals surface area contributed by atoms with Crippen molar-refractivity contribution in [2.75, 3.05) is 5.32 Å². The van der Waals surface area contributed by atoms with E-state index in [1.165, 1.54) is 0 Å². The predicted molar refractivity (Wildman–Crippen MR) is 83.9 cm³/mol. The second-order valence-corrected chi connectivity index (χ2v) is 5.90. The van der Waals surface area contributed by atoms with Crippen molar-refractivity contribution in [3.05, 3.63) is 43.0 Å². The highest BCUT2D eigenvalue weighted by molar-refractivity contribution is 5.90. The van der Waals surface area contributed by atoms with Crippen molar-refractivity contribution >= 4 is 16.7 Å². The Balaban J connectivity index is 2.20.